The van der Waals surface area contributed by atoms with Crippen molar-refractivity contribution in [3.8, 4) is 17.3 Å². The Kier molecular flexibility index (Phi) is 3.86. The lowest BCUT2D eigenvalue weighted by Crippen LogP contribution is -2.06. The van der Waals surface area contributed by atoms with Gasteiger partial charge in [-0.2, -0.15) is 5.26 Å². The van der Waals surface area contributed by atoms with E-state index in [-0.39, 0.29) is 18.1 Å². The fourth-order valence-corrected chi connectivity index (χ4v) is 2.31. The van der Waals surface area contributed by atoms with E-state index in [9.17, 15) is 9.65 Å². The van der Waals surface area contributed by atoms with Crippen molar-refractivity contribution in [3.63, 3.8) is 0 Å². The van der Waals surface area contributed by atoms with Gasteiger partial charge in [0.15, 0.2) is 5.69 Å². The van der Waals surface area contributed by atoms with Crippen LogP contribution >= 0.6 is 11.6 Å². The number of benzene rings is 2. The Morgan fingerprint density at radius 3 is 2.55 bits per heavy atom. The van der Waals surface area contributed by atoms with E-state index in [1.165, 1.54) is 10.7 Å². The topological polar surface area (TPSA) is 54.5 Å². The first-order chi connectivity index (χ1) is 10.7. The molecule has 0 aliphatic rings. The van der Waals surface area contributed by atoms with Crippen molar-refractivity contribution >= 4 is 11.6 Å². The number of aromatic nitrogens is 3. The van der Waals surface area contributed by atoms with Crippen molar-refractivity contribution in [1.82, 2.24) is 15.0 Å². The van der Waals surface area contributed by atoms with Crippen LogP contribution in [-0.2, 0) is 6.54 Å². The van der Waals surface area contributed by atoms with Crippen LogP contribution in [0.2, 0.25) is 5.02 Å². The first kappa shape index (κ1) is 14.2. The van der Waals surface area contributed by atoms with Gasteiger partial charge in [0.2, 0.25) is 0 Å². The second-order valence-corrected chi connectivity index (χ2v) is 5.09. The van der Waals surface area contributed by atoms with Crippen LogP contribution in [0, 0.1) is 17.1 Å². The van der Waals surface area contributed by atoms with Crippen LogP contribution in [0.15, 0.2) is 48.5 Å². The molecule has 0 radical (unpaired) electrons. The van der Waals surface area contributed by atoms with E-state index >= 15 is 0 Å². The lowest BCUT2D eigenvalue weighted by Gasteiger charge is -2.08. The highest BCUT2D eigenvalue weighted by Gasteiger charge is 2.16. The zero-order chi connectivity index (χ0) is 15.5. The fraction of sp³-hybridized carbons (Fsp3) is 0.0625. The summed E-state index contributed by atoms with van der Waals surface area (Å²) in [5.41, 5.74) is 1.97. The predicted octanol–water partition coefficient (Wildman–Crippen LogP) is 3.66. The molecular formula is C16H10ClFN4. The SMILES string of the molecule is N#Cc1nnn(Cc2ccccc2F)c1-c1ccc(Cl)cc1. The minimum absolute atomic E-state index is 0.193. The Morgan fingerprint density at radius 2 is 1.86 bits per heavy atom. The van der Waals surface area contributed by atoms with Crippen molar-refractivity contribution in [2.75, 3.05) is 0 Å². The van der Waals surface area contributed by atoms with Gasteiger partial charge in [0.05, 0.1) is 6.54 Å². The molecule has 0 amide bonds. The van der Waals surface area contributed by atoms with Crippen LogP contribution in [0.1, 0.15) is 11.3 Å². The number of halogens is 2. The molecule has 0 aliphatic heterocycles. The first-order valence-corrected chi connectivity index (χ1v) is 6.90. The minimum Gasteiger partial charge on any atom is -0.239 e. The van der Waals surface area contributed by atoms with E-state index in [4.69, 9.17) is 11.6 Å². The van der Waals surface area contributed by atoms with Crippen LogP contribution in [0.25, 0.3) is 11.3 Å². The summed E-state index contributed by atoms with van der Waals surface area (Å²) in [6, 6.07) is 15.4. The molecule has 0 saturated heterocycles. The van der Waals surface area contributed by atoms with E-state index in [0.717, 1.165) is 5.56 Å². The van der Waals surface area contributed by atoms with E-state index in [2.05, 4.69) is 10.3 Å². The molecule has 6 heteroatoms. The molecule has 0 spiro atoms. The third-order valence-corrected chi connectivity index (χ3v) is 3.49. The van der Waals surface area contributed by atoms with E-state index in [1.807, 2.05) is 6.07 Å². The molecule has 108 valence electrons. The van der Waals surface area contributed by atoms with Gasteiger partial charge in [-0.05, 0) is 18.2 Å². The zero-order valence-electron chi connectivity index (χ0n) is 11.4. The summed E-state index contributed by atoms with van der Waals surface area (Å²) in [6.07, 6.45) is 0. The van der Waals surface area contributed by atoms with Crippen LogP contribution in [0.4, 0.5) is 4.39 Å². The van der Waals surface area contributed by atoms with Gasteiger partial charge < -0.3 is 0 Å². The molecule has 0 unspecified atom stereocenters. The molecule has 0 saturated carbocycles. The molecule has 0 N–H and O–H groups in total. The van der Waals surface area contributed by atoms with Crippen molar-refractivity contribution < 1.29 is 4.39 Å². The molecule has 0 fully saturated rings. The van der Waals surface area contributed by atoms with Crippen LogP contribution in [0.3, 0.4) is 0 Å². The lowest BCUT2D eigenvalue weighted by atomic mass is 10.1. The highest BCUT2D eigenvalue weighted by molar-refractivity contribution is 6.30. The Bertz CT molecular complexity index is 849. The maximum absolute atomic E-state index is 13.8. The molecule has 0 aliphatic carbocycles. The largest absolute Gasteiger partial charge is 0.239 e. The molecule has 0 atom stereocenters. The van der Waals surface area contributed by atoms with Gasteiger partial charge >= 0.3 is 0 Å². The maximum atomic E-state index is 13.8. The van der Waals surface area contributed by atoms with E-state index in [1.54, 1.807) is 42.5 Å². The smallest absolute Gasteiger partial charge is 0.190 e. The summed E-state index contributed by atoms with van der Waals surface area (Å²) in [5, 5.41) is 17.6. The summed E-state index contributed by atoms with van der Waals surface area (Å²) in [6.45, 7) is 0.194. The molecule has 4 nitrogen and oxygen atoms in total. The number of hydrogen-bond acceptors (Lipinski definition) is 3. The maximum Gasteiger partial charge on any atom is 0.190 e. The lowest BCUT2D eigenvalue weighted by molar-refractivity contribution is 0.579. The van der Waals surface area contributed by atoms with Crippen LogP contribution < -0.4 is 0 Å². The first-order valence-electron chi connectivity index (χ1n) is 6.52. The highest BCUT2D eigenvalue weighted by atomic mass is 35.5. The highest BCUT2D eigenvalue weighted by Crippen LogP contribution is 2.24. The Morgan fingerprint density at radius 1 is 1.14 bits per heavy atom. The zero-order valence-corrected chi connectivity index (χ0v) is 12.1. The van der Waals surface area contributed by atoms with Gasteiger partial charge in [0.1, 0.15) is 17.6 Å². The summed E-state index contributed by atoms with van der Waals surface area (Å²) in [4.78, 5) is 0. The van der Waals surface area contributed by atoms with Crippen molar-refractivity contribution in [2.45, 2.75) is 6.54 Å². The number of nitriles is 1. The number of nitrogens with zero attached hydrogens (tertiary/aromatic N) is 4. The monoisotopic (exact) mass is 312 g/mol. The number of rotatable bonds is 3. The molecule has 3 rings (SSSR count). The van der Waals surface area contributed by atoms with Crippen molar-refractivity contribution in [3.05, 3.63) is 70.6 Å². The standard InChI is InChI=1S/C16H10ClFN4/c17-13-7-5-11(6-8-13)16-15(9-19)20-21-22(16)10-12-3-1-2-4-14(12)18/h1-8H,10H2. The van der Waals surface area contributed by atoms with Crippen molar-refractivity contribution in [1.29, 1.82) is 5.26 Å². The third-order valence-electron chi connectivity index (χ3n) is 3.24. The van der Waals surface area contributed by atoms with Gasteiger partial charge in [-0.25, -0.2) is 9.07 Å². The molecule has 3 aromatic rings. The Labute approximate surface area is 131 Å². The minimum atomic E-state index is -0.321. The fourth-order valence-electron chi connectivity index (χ4n) is 2.18. The second kappa shape index (κ2) is 5.96. The molecule has 22 heavy (non-hydrogen) atoms. The Hall–Kier alpha value is -2.71. The van der Waals surface area contributed by atoms with Gasteiger partial charge in [-0.3, -0.25) is 0 Å². The summed E-state index contributed by atoms with van der Waals surface area (Å²) in [7, 11) is 0. The van der Waals surface area contributed by atoms with Gasteiger partial charge in [-0.15, -0.1) is 5.10 Å². The second-order valence-electron chi connectivity index (χ2n) is 4.65. The van der Waals surface area contributed by atoms with Gasteiger partial charge in [0, 0.05) is 16.1 Å². The van der Waals surface area contributed by atoms with E-state index < -0.39 is 0 Å². The molecule has 1 heterocycles. The third kappa shape index (κ3) is 2.69. The predicted molar refractivity (Wildman–Crippen MR) is 80.7 cm³/mol. The molecular weight excluding hydrogens is 303 g/mol. The van der Waals surface area contributed by atoms with E-state index in [0.29, 0.717) is 16.3 Å². The average molecular weight is 313 g/mol. The van der Waals surface area contributed by atoms with Gasteiger partial charge in [0.25, 0.3) is 0 Å². The van der Waals surface area contributed by atoms with Crippen molar-refractivity contribution in [2.24, 2.45) is 0 Å². The molecule has 2 aromatic carbocycles. The summed E-state index contributed by atoms with van der Waals surface area (Å²) < 4.78 is 15.3. The summed E-state index contributed by atoms with van der Waals surface area (Å²) in [5.74, 6) is -0.321. The van der Waals surface area contributed by atoms with Crippen LogP contribution in [-0.4, -0.2) is 15.0 Å². The number of hydrogen-bond donors (Lipinski definition) is 0. The average Bonchev–Trinajstić information content (AvgIpc) is 2.93. The molecule has 1 aromatic heterocycles. The quantitative estimate of drug-likeness (QED) is 0.741. The van der Waals surface area contributed by atoms with Gasteiger partial charge in [-0.1, -0.05) is 47.1 Å². The Balaban J connectivity index is 2.06. The normalized spacial score (nSPS) is 10.4. The summed E-state index contributed by atoms with van der Waals surface area (Å²) >= 11 is 5.88. The molecule has 0 bridgehead atoms. The van der Waals surface area contributed by atoms with Crippen LogP contribution in [0.5, 0.6) is 0 Å².